The molecule has 3 aliphatic rings. The predicted octanol–water partition coefficient (Wildman–Crippen LogP) is 3.17. The monoisotopic (exact) mass is 380 g/mol. The van der Waals surface area contributed by atoms with Crippen molar-refractivity contribution >= 4 is 12.6 Å². The van der Waals surface area contributed by atoms with E-state index in [2.05, 4.69) is 22.1 Å². The highest BCUT2D eigenvalue weighted by Crippen LogP contribution is 2.40. The zero-order chi connectivity index (χ0) is 19.5. The van der Waals surface area contributed by atoms with Crippen LogP contribution in [0.5, 0.6) is 11.6 Å². The molecule has 5 rings (SSSR count). The standard InChI is InChI=1S/C21H25BN2O4/c1-20(2)21(3,4)28-22(27-20)15-9-17-19(24-11-15)26-18(12-25-17)14-7-8-16(23-10-14)13-5-6-13/h7-11,13,18H,5-6,12H2,1-4H3. The van der Waals surface area contributed by atoms with Crippen LogP contribution in [0.15, 0.2) is 30.6 Å². The fourth-order valence-electron chi connectivity index (χ4n) is 3.47. The Kier molecular flexibility index (Phi) is 3.97. The van der Waals surface area contributed by atoms with E-state index in [1.54, 1.807) is 6.20 Å². The van der Waals surface area contributed by atoms with Crippen LogP contribution in [0.1, 0.15) is 63.8 Å². The summed E-state index contributed by atoms with van der Waals surface area (Å²) in [5.74, 6) is 1.75. The van der Waals surface area contributed by atoms with E-state index in [4.69, 9.17) is 18.8 Å². The van der Waals surface area contributed by atoms with Crippen LogP contribution in [0.3, 0.4) is 0 Å². The van der Waals surface area contributed by atoms with Gasteiger partial charge < -0.3 is 18.8 Å². The molecule has 0 aromatic carbocycles. The average molecular weight is 380 g/mol. The van der Waals surface area contributed by atoms with Crippen LogP contribution in [0, 0.1) is 0 Å². The summed E-state index contributed by atoms with van der Waals surface area (Å²) in [7, 11) is -0.469. The van der Waals surface area contributed by atoms with Crippen molar-refractivity contribution in [1.82, 2.24) is 9.97 Å². The lowest BCUT2D eigenvalue weighted by atomic mass is 9.80. The smallest absolute Gasteiger partial charge is 0.484 e. The van der Waals surface area contributed by atoms with Crippen molar-refractivity contribution in [2.45, 2.75) is 63.8 Å². The molecule has 0 amide bonds. The van der Waals surface area contributed by atoms with Crippen molar-refractivity contribution in [3.8, 4) is 11.6 Å². The first-order valence-electron chi connectivity index (χ1n) is 9.93. The zero-order valence-corrected chi connectivity index (χ0v) is 16.8. The summed E-state index contributed by atoms with van der Waals surface area (Å²) in [6, 6.07) is 6.08. The molecule has 6 nitrogen and oxygen atoms in total. The molecule has 2 aliphatic heterocycles. The summed E-state index contributed by atoms with van der Waals surface area (Å²) in [6.45, 7) is 8.56. The SMILES string of the molecule is CC1(C)OB(c2cnc3c(c2)OCC(c2ccc(C4CC4)nc2)O3)OC1(C)C. The maximum atomic E-state index is 6.10. The maximum Gasteiger partial charge on any atom is 0.496 e. The van der Waals surface area contributed by atoms with Gasteiger partial charge in [-0.3, -0.25) is 4.98 Å². The number of aromatic nitrogens is 2. The van der Waals surface area contributed by atoms with Gasteiger partial charge in [-0.1, -0.05) is 6.07 Å². The third kappa shape index (κ3) is 3.06. The number of ether oxygens (including phenoxy) is 2. The van der Waals surface area contributed by atoms with Gasteiger partial charge in [-0.15, -0.1) is 0 Å². The van der Waals surface area contributed by atoms with Gasteiger partial charge in [0.25, 0.3) is 5.88 Å². The summed E-state index contributed by atoms with van der Waals surface area (Å²) in [5, 5.41) is 0. The van der Waals surface area contributed by atoms with Crippen LogP contribution >= 0.6 is 0 Å². The molecule has 0 N–H and O–H groups in total. The summed E-state index contributed by atoms with van der Waals surface area (Å²) < 4.78 is 24.2. The molecule has 1 aliphatic carbocycles. The van der Waals surface area contributed by atoms with E-state index in [1.807, 2.05) is 40.0 Å². The first-order chi connectivity index (χ1) is 13.3. The molecule has 28 heavy (non-hydrogen) atoms. The lowest BCUT2D eigenvalue weighted by Gasteiger charge is -2.32. The Morgan fingerprint density at radius 1 is 1.00 bits per heavy atom. The van der Waals surface area contributed by atoms with E-state index >= 15 is 0 Å². The van der Waals surface area contributed by atoms with Crippen LogP contribution in [0.2, 0.25) is 0 Å². The highest BCUT2D eigenvalue weighted by molar-refractivity contribution is 6.62. The van der Waals surface area contributed by atoms with Crippen molar-refractivity contribution in [2.24, 2.45) is 0 Å². The summed E-state index contributed by atoms with van der Waals surface area (Å²) in [6.07, 6.45) is 5.92. The van der Waals surface area contributed by atoms with Gasteiger partial charge in [0.15, 0.2) is 11.9 Å². The molecule has 146 valence electrons. The summed E-state index contributed by atoms with van der Waals surface area (Å²) in [5.41, 5.74) is 2.22. The summed E-state index contributed by atoms with van der Waals surface area (Å²) >= 11 is 0. The molecule has 1 unspecified atom stereocenters. The van der Waals surface area contributed by atoms with E-state index in [9.17, 15) is 0 Å². The van der Waals surface area contributed by atoms with Crippen LogP contribution in [0.4, 0.5) is 0 Å². The average Bonchev–Trinajstić information content (AvgIpc) is 3.48. The van der Waals surface area contributed by atoms with Gasteiger partial charge in [-0.2, -0.15) is 0 Å². The van der Waals surface area contributed by atoms with E-state index in [-0.39, 0.29) is 6.10 Å². The maximum absolute atomic E-state index is 6.10. The minimum Gasteiger partial charge on any atom is -0.484 e. The molecule has 1 atom stereocenters. The molecule has 7 heteroatoms. The molecule has 0 radical (unpaired) electrons. The van der Waals surface area contributed by atoms with Crippen molar-refractivity contribution in [3.05, 3.63) is 41.9 Å². The molecule has 2 aromatic heterocycles. The van der Waals surface area contributed by atoms with Crippen LogP contribution < -0.4 is 14.9 Å². The van der Waals surface area contributed by atoms with E-state index in [0.717, 1.165) is 11.0 Å². The van der Waals surface area contributed by atoms with Crippen molar-refractivity contribution in [2.75, 3.05) is 6.61 Å². The van der Waals surface area contributed by atoms with E-state index < -0.39 is 18.3 Å². The topological polar surface area (TPSA) is 62.7 Å². The molecule has 2 fully saturated rings. The van der Waals surface area contributed by atoms with Gasteiger partial charge in [-0.05, 0) is 52.7 Å². The Morgan fingerprint density at radius 2 is 1.75 bits per heavy atom. The van der Waals surface area contributed by atoms with Crippen LogP contribution in [0.25, 0.3) is 0 Å². The molecule has 1 saturated heterocycles. The summed E-state index contributed by atoms with van der Waals surface area (Å²) in [4.78, 5) is 9.04. The first kappa shape index (κ1) is 17.9. The van der Waals surface area contributed by atoms with Gasteiger partial charge in [0.2, 0.25) is 0 Å². The Balaban J connectivity index is 1.32. The Bertz CT molecular complexity index is 880. The largest absolute Gasteiger partial charge is 0.496 e. The molecule has 0 spiro atoms. The fraction of sp³-hybridized carbons (Fsp3) is 0.524. The van der Waals surface area contributed by atoms with Crippen molar-refractivity contribution in [1.29, 1.82) is 0 Å². The van der Waals surface area contributed by atoms with Gasteiger partial charge in [-0.25, -0.2) is 4.98 Å². The lowest BCUT2D eigenvalue weighted by molar-refractivity contribution is 0.00578. The molecule has 1 saturated carbocycles. The number of hydrogen-bond donors (Lipinski definition) is 0. The molecule has 2 aromatic rings. The quantitative estimate of drug-likeness (QED) is 0.763. The zero-order valence-electron chi connectivity index (χ0n) is 16.8. The Hall–Kier alpha value is -2.12. The highest BCUT2D eigenvalue weighted by atomic mass is 16.7. The van der Waals surface area contributed by atoms with Crippen molar-refractivity contribution < 1.29 is 18.8 Å². The minimum absolute atomic E-state index is 0.205. The fourth-order valence-corrected chi connectivity index (χ4v) is 3.47. The third-order valence-electron chi connectivity index (χ3n) is 6.19. The molecule has 0 bridgehead atoms. The van der Waals surface area contributed by atoms with Crippen LogP contribution in [-0.2, 0) is 9.31 Å². The van der Waals surface area contributed by atoms with E-state index in [0.29, 0.717) is 24.2 Å². The number of pyridine rings is 2. The predicted molar refractivity (Wildman–Crippen MR) is 105 cm³/mol. The first-order valence-corrected chi connectivity index (χ1v) is 9.93. The lowest BCUT2D eigenvalue weighted by Crippen LogP contribution is -2.41. The van der Waals surface area contributed by atoms with Crippen molar-refractivity contribution in [3.63, 3.8) is 0 Å². The normalized spacial score (nSPS) is 25.0. The molecule has 4 heterocycles. The second-order valence-corrected chi connectivity index (χ2v) is 8.87. The molecular weight excluding hydrogens is 355 g/mol. The van der Waals surface area contributed by atoms with Gasteiger partial charge in [0.05, 0.1) is 11.2 Å². The Labute approximate surface area is 165 Å². The second kappa shape index (κ2) is 6.19. The van der Waals surface area contributed by atoms with Crippen LogP contribution in [-0.4, -0.2) is 34.9 Å². The third-order valence-corrected chi connectivity index (χ3v) is 6.19. The van der Waals surface area contributed by atoms with Gasteiger partial charge in [0, 0.05) is 35.0 Å². The number of nitrogens with zero attached hydrogens (tertiary/aromatic N) is 2. The highest BCUT2D eigenvalue weighted by Gasteiger charge is 2.52. The van der Waals surface area contributed by atoms with Gasteiger partial charge >= 0.3 is 7.12 Å². The number of rotatable bonds is 3. The number of fused-ring (bicyclic) bond motifs is 1. The Morgan fingerprint density at radius 3 is 2.39 bits per heavy atom. The van der Waals surface area contributed by atoms with Gasteiger partial charge in [0.1, 0.15) is 6.61 Å². The number of hydrogen-bond acceptors (Lipinski definition) is 6. The second-order valence-electron chi connectivity index (χ2n) is 8.87. The molecular formula is C21H25BN2O4. The van der Waals surface area contributed by atoms with E-state index in [1.165, 1.54) is 18.5 Å². The minimum atomic E-state index is -0.469.